The van der Waals surface area contributed by atoms with Crippen LogP contribution in [0, 0.1) is 5.82 Å². The van der Waals surface area contributed by atoms with Gasteiger partial charge in [0.2, 0.25) is 0 Å². The highest BCUT2D eigenvalue weighted by molar-refractivity contribution is 5.89. The molecule has 100 valence electrons. The number of rotatable bonds is 3. The van der Waals surface area contributed by atoms with Gasteiger partial charge in [0.05, 0.1) is 6.21 Å². The van der Waals surface area contributed by atoms with Crippen molar-refractivity contribution in [1.29, 1.82) is 0 Å². The first-order valence-corrected chi connectivity index (χ1v) is 6.33. The fraction of sp³-hybridized carbons (Fsp3) is 0.0625. The van der Waals surface area contributed by atoms with E-state index in [-0.39, 0.29) is 5.82 Å². The van der Waals surface area contributed by atoms with Gasteiger partial charge in [-0.2, -0.15) is 5.10 Å². The molecule has 4 heteroatoms. The summed E-state index contributed by atoms with van der Waals surface area (Å²) in [6.07, 6.45) is 3.64. The molecule has 0 radical (unpaired) electrons. The van der Waals surface area contributed by atoms with Gasteiger partial charge in [-0.1, -0.05) is 24.3 Å². The van der Waals surface area contributed by atoms with Gasteiger partial charge in [-0.05, 0) is 40.8 Å². The predicted molar refractivity (Wildman–Crippen MR) is 79.2 cm³/mol. The summed E-state index contributed by atoms with van der Waals surface area (Å²) in [7, 11) is 0. The monoisotopic (exact) mass is 267 g/mol. The Bertz CT molecular complexity index is 757. The molecule has 3 aromatic rings. The van der Waals surface area contributed by atoms with Crippen LogP contribution in [0.15, 0.2) is 59.8 Å². The third kappa shape index (κ3) is 2.40. The molecule has 0 amide bonds. The minimum absolute atomic E-state index is 0.215. The molecule has 3 nitrogen and oxygen atoms in total. The zero-order valence-corrected chi connectivity index (χ0v) is 10.8. The van der Waals surface area contributed by atoms with Crippen molar-refractivity contribution in [2.75, 3.05) is 0 Å². The van der Waals surface area contributed by atoms with Gasteiger partial charge in [0, 0.05) is 18.3 Å². The zero-order chi connectivity index (χ0) is 13.9. The van der Waals surface area contributed by atoms with Gasteiger partial charge in [0.25, 0.3) is 0 Å². The standard InChI is InChI=1S/C16H14FN3/c17-15-5-2-12(3-6-15)11-20-8-7-14-4-1-13(10-19-18)9-16(14)20/h1-10H,11,18H2. The first kappa shape index (κ1) is 12.4. The maximum atomic E-state index is 12.9. The Morgan fingerprint density at radius 1 is 1.10 bits per heavy atom. The van der Waals surface area contributed by atoms with Gasteiger partial charge in [-0.3, -0.25) is 0 Å². The summed E-state index contributed by atoms with van der Waals surface area (Å²) in [5.41, 5.74) is 3.12. The van der Waals surface area contributed by atoms with Crippen molar-refractivity contribution in [3.05, 3.63) is 71.7 Å². The number of benzene rings is 2. The van der Waals surface area contributed by atoms with Crippen LogP contribution < -0.4 is 5.84 Å². The van der Waals surface area contributed by atoms with Crippen LogP contribution >= 0.6 is 0 Å². The van der Waals surface area contributed by atoms with Crippen molar-refractivity contribution in [2.45, 2.75) is 6.54 Å². The van der Waals surface area contributed by atoms with E-state index in [9.17, 15) is 4.39 Å². The molecule has 0 spiro atoms. The molecule has 1 heterocycles. The molecule has 0 unspecified atom stereocenters. The molecule has 0 aliphatic rings. The summed E-state index contributed by atoms with van der Waals surface area (Å²) in [4.78, 5) is 0. The average molecular weight is 267 g/mol. The van der Waals surface area contributed by atoms with Crippen LogP contribution in [-0.4, -0.2) is 10.8 Å². The molecular formula is C16H14FN3. The lowest BCUT2D eigenvalue weighted by Gasteiger charge is -2.06. The minimum Gasteiger partial charge on any atom is -0.343 e. The molecule has 0 fully saturated rings. The van der Waals surface area contributed by atoms with Crippen molar-refractivity contribution in [1.82, 2.24) is 4.57 Å². The third-order valence-corrected chi connectivity index (χ3v) is 3.29. The van der Waals surface area contributed by atoms with Crippen LogP contribution in [0.4, 0.5) is 4.39 Å². The Hall–Kier alpha value is -2.62. The average Bonchev–Trinajstić information content (AvgIpc) is 2.85. The van der Waals surface area contributed by atoms with E-state index in [1.807, 2.05) is 24.4 Å². The summed E-state index contributed by atoms with van der Waals surface area (Å²) >= 11 is 0. The number of hydrazone groups is 1. The van der Waals surface area contributed by atoms with Crippen LogP contribution in [0.5, 0.6) is 0 Å². The van der Waals surface area contributed by atoms with Crippen molar-refractivity contribution < 1.29 is 4.39 Å². The van der Waals surface area contributed by atoms with Crippen LogP contribution in [-0.2, 0) is 6.54 Å². The molecule has 0 bridgehead atoms. The molecule has 1 aromatic heterocycles. The van der Waals surface area contributed by atoms with Crippen LogP contribution in [0.3, 0.4) is 0 Å². The Labute approximate surface area is 116 Å². The second kappa shape index (κ2) is 5.17. The molecule has 0 aliphatic heterocycles. The van der Waals surface area contributed by atoms with Gasteiger partial charge in [0.15, 0.2) is 0 Å². The molecule has 3 rings (SSSR count). The molecule has 2 aromatic carbocycles. The van der Waals surface area contributed by atoms with E-state index in [1.165, 1.54) is 12.1 Å². The Morgan fingerprint density at radius 2 is 1.90 bits per heavy atom. The van der Waals surface area contributed by atoms with E-state index >= 15 is 0 Å². The van der Waals surface area contributed by atoms with E-state index in [0.717, 1.165) is 22.0 Å². The summed E-state index contributed by atoms with van der Waals surface area (Å²) in [6.45, 7) is 0.701. The number of hydrogen-bond donors (Lipinski definition) is 1. The fourth-order valence-electron chi connectivity index (χ4n) is 2.29. The molecule has 20 heavy (non-hydrogen) atoms. The summed E-state index contributed by atoms with van der Waals surface area (Å²) < 4.78 is 15.0. The van der Waals surface area contributed by atoms with Crippen LogP contribution in [0.2, 0.25) is 0 Å². The number of halogens is 1. The Morgan fingerprint density at radius 3 is 2.65 bits per heavy atom. The second-order valence-electron chi connectivity index (χ2n) is 4.67. The van der Waals surface area contributed by atoms with Gasteiger partial charge >= 0.3 is 0 Å². The normalized spacial score (nSPS) is 11.4. The number of fused-ring (bicyclic) bond motifs is 1. The number of nitrogens with two attached hydrogens (primary N) is 1. The zero-order valence-electron chi connectivity index (χ0n) is 10.8. The summed E-state index contributed by atoms with van der Waals surface area (Å²) in [5.74, 6) is 4.97. The number of nitrogens with zero attached hydrogens (tertiary/aromatic N) is 2. The molecule has 0 atom stereocenters. The largest absolute Gasteiger partial charge is 0.343 e. The van der Waals surface area contributed by atoms with Gasteiger partial charge < -0.3 is 10.4 Å². The third-order valence-electron chi connectivity index (χ3n) is 3.29. The van der Waals surface area contributed by atoms with Crippen molar-refractivity contribution in [3.63, 3.8) is 0 Å². The first-order chi connectivity index (χ1) is 9.76. The van der Waals surface area contributed by atoms with E-state index < -0.39 is 0 Å². The maximum absolute atomic E-state index is 12.9. The Balaban J connectivity index is 1.98. The van der Waals surface area contributed by atoms with Crippen LogP contribution in [0.25, 0.3) is 10.9 Å². The lowest BCUT2D eigenvalue weighted by molar-refractivity contribution is 0.626. The van der Waals surface area contributed by atoms with Crippen LogP contribution in [0.1, 0.15) is 11.1 Å². The SMILES string of the molecule is NN=Cc1ccc2ccn(Cc3ccc(F)cc3)c2c1. The van der Waals surface area contributed by atoms with E-state index in [1.54, 1.807) is 18.3 Å². The molecule has 0 aliphatic carbocycles. The van der Waals surface area contributed by atoms with Crippen molar-refractivity contribution in [3.8, 4) is 0 Å². The topological polar surface area (TPSA) is 43.3 Å². The number of aromatic nitrogens is 1. The lowest BCUT2D eigenvalue weighted by atomic mass is 10.1. The molecule has 2 N–H and O–H groups in total. The maximum Gasteiger partial charge on any atom is 0.123 e. The van der Waals surface area contributed by atoms with Gasteiger partial charge in [-0.15, -0.1) is 0 Å². The molecule has 0 saturated carbocycles. The van der Waals surface area contributed by atoms with E-state index in [4.69, 9.17) is 5.84 Å². The quantitative estimate of drug-likeness (QED) is 0.442. The smallest absolute Gasteiger partial charge is 0.123 e. The molecular weight excluding hydrogens is 253 g/mol. The number of hydrogen-bond acceptors (Lipinski definition) is 2. The van der Waals surface area contributed by atoms with Gasteiger partial charge in [-0.25, -0.2) is 4.39 Å². The highest BCUT2D eigenvalue weighted by Gasteiger charge is 2.03. The minimum atomic E-state index is -0.215. The van der Waals surface area contributed by atoms with E-state index in [0.29, 0.717) is 6.54 Å². The summed E-state index contributed by atoms with van der Waals surface area (Å²) in [6, 6.07) is 14.7. The lowest BCUT2D eigenvalue weighted by Crippen LogP contribution is -1.98. The first-order valence-electron chi connectivity index (χ1n) is 6.33. The Kier molecular flexibility index (Phi) is 3.21. The van der Waals surface area contributed by atoms with Gasteiger partial charge in [0.1, 0.15) is 5.82 Å². The highest BCUT2D eigenvalue weighted by Crippen LogP contribution is 2.18. The fourth-order valence-corrected chi connectivity index (χ4v) is 2.29. The summed E-state index contributed by atoms with van der Waals surface area (Å²) in [5, 5.41) is 4.70. The van der Waals surface area contributed by atoms with E-state index in [2.05, 4.69) is 15.7 Å². The van der Waals surface area contributed by atoms with Crippen molar-refractivity contribution in [2.24, 2.45) is 10.9 Å². The van der Waals surface area contributed by atoms with Crippen molar-refractivity contribution >= 4 is 17.1 Å². The second-order valence-corrected chi connectivity index (χ2v) is 4.67. The highest BCUT2D eigenvalue weighted by atomic mass is 19.1. The molecule has 0 saturated heterocycles. The predicted octanol–water partition coefficient (Wildman–Crippen LogP) is 3.12.